The largest absolute Gasteiger partial charge is 0.505 e. The standard InChI is InChI=1S/C8H4BrClOS/c9-5-3-6(10)4-1-2-12-8(4)7(5)11/h1-3,11H. The minimum atomic E-state index is 0.268. The Morgan fingerprint density at radius 1 is 1.50 bits per heavy atom. The Balaban J connectivity index is 2.97. The molecule has 0 saturated carbocycles. The molecule has 0 radical (unpaired) electrons. The average Bonchev–Trinajstić information content (AvgIpc) is 2.48. The van der Waals surface area contributed by atoms with Crippen LogP contribution >= 0.6 is 38.9 Å². The molecular formula is C8H4BrClOS. The molecule has 1 N–H and O–H groups in total. The first-order chi connectivity index (χ1) is 5.70. The fraction of sp³-hybridized carbons (Fsp3) is 0. The number of aromatic hydroxyl groups is 1. The van der Waals surface area contributed by atoms with Gasteiger partial charge in [-0.15, -0.1) is 11.3 Å². The second-order valence-corrected chi connectivity index (χ2v) is 4.53. The quantitative estimate of drug-likeness (QED) is 0.761. The van der Waals surface area contributed by atoms with Gasteiger partial charge in [0.1, 0.15) is 5.75 Å². The molecule has 0 spiro atoms. The lowest BCUT2D eigenvalue weighted by Crippen LogP contribution is -1.71. The summed E-state index contributed by atoms with van der Waals surface area (Å²) in [5.41, 5.74) is 0. The number of hydrogen-bond donors (Lipinski definition) is 1. The lowest BCUT2D eigenvalue weighted by molar-refractivity contribution is 0.479. The smallest absolute Gasteiger partial charge is 0.147 e. The Morgan fingerprint density at radius 2 is 2.25 bits per heavy atom. The summed E-state index contributed by atoms with van der Waals surface area (Å²) in [5.74, 6) is 0.268. The van der Waals surface area contributed by atoms with Crippen molar-refractivity contribution in [3.8, 4) is 5.75 Å². The first kappa shape index (κ1) is 8.35. The van der Waals surface area contributed by atoms with Gasteiger partial charge in [-0.05, 0) is 33.4 Å². The summed E-state index contributed by atoms with van der Waals surface area (Å²) in [5, 5.41) is 13.0. The Kier molecular flexibility index (Phi) is 2.02. The number of phenols is 1. The summed E-state index contributed by atoms with van der Waals surface area (Å²) in [7, 11) is 0. The Labute approximate surface area is 86.7 Å². The van der Waals surface area contributed by atoms with Crippen LogP contribution in [0.1, 0.15) is 0 Å². The molecule has 4 heteroatoms. The molecule has 2 rings (SSSR count). The molecule has 0 bridgehead atoms. The SMILES string of the molecule is Oc1c(Br)cc(Cl)c2ccsc12. The third-order valence-electron chi connectivity index (χ3n) is 1.62. The van der Waals surface area contributed by atoms with Gasteiger partial charge >= 0.3 is 0 Å². The number of thiophene rings is 1. The van der Waals surface area contributed by atoms with Gasteiger partial charge in [0.05, 0.1) is 14.2 Å². The van der Waals surface area contributed by atoms with Crippen molar-refractivity contribution < 1.29 is 5.11 Å². The highest BCUT2D eigenvalue weighted by atomic mass is 79.9. The molecule has 1 heterocycles. The van der Waals surface area contributed by atoms with Crippen LogP contribution in [0.3, 0.4) is 0 Å². The normalized spacial score (nSPS) is 10.8. The van der Waals surface area contributed by atoms with Crippen LogP contribution in [-0.2, 0) is 0 Å². The van der Waals surface area contributed by atoms with Crippen molar-refractivity contribution in [3.05, 3.63) is 27.0 Å². The van der Waals surface area contributed by atoms with Gasteiger partial charge < -0.3 is 5.11 Å². The molecule has 12 heavy (non-hydrogen) atoms. The lowest BCUT2D eigenvalue weighted by Gasteiger charge is -1.99. The van der Waals surface area contributed by atoms with Crippen LogP contribution in [-0.4, -0.2) is 5.11 Å². The summed E-state index contributed by atoms with van der Waals surface area (Å²) in [6.07, 6.45) is 0. The molecule has 0 fully saturated rings. The van der Waals surface area contributed by atoms with Crippen molar-refractivity contribution in [2.24, 2.45) is 0 Å². The van der Waals surface area contributed by atoms with Gasteiger partial charge in [0.2, 0.25) is 0 Å². The van der Waals surface area contributed by atoms with Crippen molar-refractivity contribution in [2.75, 3.05) is 0 Å². The Hall–Kier alpha value is -0.250. The summed E-state index contributed by atoms with van der Waals surface area (Å²) in [6, 6.07) is 3.60. The molecule has 0 aliphatic carbocycles. The average molecular weight is 264 g/mol. The van der Waals surface area contributed by atoms with E-state index in [9.17, 15) is 5.11 Å². The molecule has 0 amide bonds. The molecule has 1 aromatic carbocycles. The van der Waals surface area contributed by atoms with Crippen LogP contribution in [0, 0.1) is 0 Å². The fourth-order valence-corrected chi connectivity index (χ4v) is 2.93. The van der Waals surface area contributed by atoms with Gasteiger partial charge in [-0.25, -0.2) is 0 Å². The second kappa shape index (κ2) is 2.91. The second-order valence-electron chi connectivity index (χ2n) is 2.35. The molecule has 0 saturated heterocycles. The fourth-order valence-electron chi connectivity index (χ4n) is 1.05. The van der Waals surface area contributed by atoms with Crippen molar-refractivity contribution in [1.82, 2.24) is 0 Å². The van der Waals surface area contributed by atoms with Crippen molar-refractivity contribution in [3.63, 3.8) is 0 Å². The van der Waals surface area contributed by atoms with E-state index >= 15 is 0 Å². The van der Waals surface area contributed by atoms with Gasteiger partial charge in [-0.2, -0.15) is 0 Å². The minimum absolute atomic E-state index is 0.268. The zero-order valence-electron chi connectivity index (χ0n) is 5.84. The number of fused-ring (bicyclic) bond motifs is 1. The van der Waals surface area contributed by atoms with E-state index in [-0.39, 0.29) is 5.75 Å². The predicted molar refractivity (Wildman–Crippen MR) is 56.2 cm³/mol. The van der Waals surface area contributed by atoms with E-state index in [0.717, 1.165) is 10.1 Å². The summed E-state index contributed by atoms with van der Waals surface area (Å²) in [6.45, 7) is 0. The summed E-state index contributed by atoms with van der Waals surface area (Å²) < 4.78 is 1.47. The molecule has 1 nitrogen and oxygen atoms in total. The number of halogens is 2. The summed E-state index contributed by atoms with van der Waals surface area (Å²) >= 11 is 10.6. The van der Waals surface area contributed by atoms with E-state index in [4.69, 9.17) is 11.6 Å². The molecule has 0 atom stereocenters. The van der Waals surface area contributed by atoms with E-state index in [2.05, 4.69) is 15.9 Å². The molecule has 62 valence electrons. The van der Waals surface area contributed by atoms with Crippen LogP contribution < -0.4 is 0 Å². The van der Waals surface area contributed by atoms with Crippen molar-refractivity contribution in [2.45, 2.75) is 0 Å². The molecule has 0 unspecified atom stereocenters. The maximum atomic E-state index is 9.58. The maximum absolute atomic E-state index is 9.58. The number of phenolic OH excluding ortho intramolecular Hbond substituents is 1. The maximum Gasteiger partial charge on any atom is 0.147 e. The molecule has 0 aliphatic heterocycles. The Morgan fingerprint density at radius 3 is 3.00 bits per heavy atom. The zero-order chi connectivity index (χ0) is 8.72. The topological polar surface area (TPSA) is 20.2 Å². The number of hydrogen-bond acceptors (Lipinski definition) is 2. The highest BCUT2D eigenvalue weighted by Gasteiger charge is 2.08. The van der Waals surface area contributed by atoms with Gasteiger partial charge in [0.25, 0.3) is 0 Å². The predicted octanol–water partition coefficient (Wildman–Crippen LogP) is 4.02. The van der Waals surface area contributed by atoms with E-state index in [0.29, 0.717) is 9.50 Å². The minimum Gasteiger partial charge on any atom is -0.505 e. The number of benzene rings is 1. The van der Waals surface area contributed by atoms with Gasteiger partial charge in [0, 0.05) is 5.39 Å². The third kappa shape index (κ3) is 1.13. The van der Waals surface area contributed by atoms with Gasteiger partial charge in [-0.3, -0.25) is 0 Å². The molecule has 1 aromatic heterocycles. The first-order valence-electron chi connectivity index (χ1n) is 3.24. The van der Waals surface area contributed by atoms with Crippen LogP contribution in [0.2, 0.25) is 5.02 Å². The highest BCUT2D eigenvalue weighted by molar-refractivity contribution is 9.10. The zero-order valence-corrected chi connectivity index (χ0v) is 9.00. The lowest BCUT2D eigenvalue weighted by atomic mass is 10.2. The van der Waals surface area contributed by atoms with Crippen LogP contribution in [0.15, 0.2) is 22.0 Å². The van der Waals surface area contributed by atoms with E-state index in [1.165, 1.54) is 11.3 Å². The monoisotopic (exact) mass is 262 g/mol. The first-order valence-corrected chi connectivity index (χ1v) is 5.29. The third-order valence-corrected chi connectivity index (χ3v) is 3.46. The van der Waals surface area contributed by atoms with Crippen molar-refractivity contribution in [1.29, 1.82) is 0 Å². The van der Waals surface area contributed by atoms with E-state index < -0.39 is 0 Å². The van der Waals surface area contributed by atoms with E-state index in [1.807, 2.05) is 11.4 Å². The Bertz CT molecular complexity index is 438. The van der Waals surface area contributed by atoms with Gasteiger partial charge in [-0.1, -0.05) is 11.6 Å². The molecular weight excluding hydrogens is 260 g/mol. The summed E-state index contributed by atoms with van der Waals surface area (Å²) in [4.78, 5) is 0. The number of rotatable bonds is 0. The van der Waals surface area contributed by atoms with Crippen LogP contribution in [0.5, 0.6) is 5.75 Å². The van der Waals surface area contributed by atoms with E-state index in [1.54, 1.807) is 6.07 Å². The molecule has 2 aromatic rings. The van der Waals surface area contributed by atoms with Gasteiger partial charge in [0.15, 0.2) is 0 Å². The van der Waals surface area contributed by atoms with Crippen molar-refractivity contribution >= 4 is 49.0 Å². The highest BCUT2D eigenvalue weighted by Crippen LogP contribution is 2.40. The van der Waals surface area contributed by atoms with Crippen LogP contribution in [0.25, 0.3) is 10.1 Å². The van der Waals surface area contributed by atoms with Crippen LogP contribution in [0.4, 0.5) is 0 Å². The molecule has 0 aliphatic rings.